The zero-order valence-electron chi connectivity index (χ0n) is 9.80. The van der Waals surface area contributed by atoms with Crippen LogP contribution in [0.1, 0.15) is 18.4 Å². The first-order chi connectivity index (χ1) is 7.74. The van der Waals surface area contributed by atoms with Crippen molar-refractivity contribution in [2.45, 2.75) is 31.4 Å². The molecular weight excluding hydrogens is 218 g/mol. The molecule has 2 nitrogen and oxygen atoms in total. The summed E-state index contributed by atoms with van der Waals surface area (Å²) in [5.41, 5.74) is 7.17. The third-order valence-electron chi connectivity index (χ3n) is 2.66. The minimum atomic E-state index is -0.382. The second-order valence-corrected chi connectivity index (χ2v) is 5.04. The standard InChI is InChI=1S/C13H21NOS/c1-16-9-5-8-13(15)12(14)10-11-6-3-2-4-7-11/h2-4,6-7,12-13,15H,5,8-10,14H2,1H3. The first-order valence-electron chi connectivity index (χ1n) is 5.70. The summed E-state index contributed by atoms with van der Waals surface area (Å²) >= 11 is 1.81. The predicted octanol–water partition coefficient (Wildman–Crippen LogP) is 2.06. The molecule has 0 amide bonds. The average molecular weight is 239 g/mol. The van der Waals surface area contributed by atoms with E-state index in [2.05, 4.69) is 18.4 Å². The SMILES string of the molecule is CSCCCC(O)C(N)Cc1ccccc1. The lowest BCUT2D eigenvalue weighted by atomic mass is 9.99. The molecule has 1 aromatic rings. The number of aliphatic hydroxyl groups excluding tert-OH is 1. The zero-order chi connectivity index (χ0) is 11.8. The fourth-order valence-electron chi connectivity index (χ4n) is 1.67. The van der Waals surface area contributed by atoms with E-state index < -0.39 is 0 Å². The molecule has 0 bridgehead atoms. The van der Waals surface area contributed by atoms with Crippen molar-refractivity contribution < 1.29 is 5.11 Å². The van der Waals surface area contributed by atoms with Gasteiger partial charge in [0, 0.05) is 6.04 Å². The van der Waals surface area contributed by atoms with Crippen molar-refractivity contribution in [3.05, 3.63) is 35.9 Å². The van der Waals surface area contributed by atoms with Gasteiger partial charge in [-0.25, -0.2) is 0 Å². The van der Waals surface area contributed by atoms with Crippen LogP contribution in [0.5, 0.6) is 0 Å². The molecule has 0 aromatic heterocycles. The van der Waals surface area contributed by atoms with E-state index in [4.69, 9.17) is 5.73 Å². The van der Waals surface area contributed by atoms with Crippen LogP contribution >= 0.6 is 11.8 Å². The molecule has 90 valence electrons. The molecule has 1 rings (SSSR count). The molecule has 0 radical (unpaired) electrons. The molecule has 2 unspecified atom stereocenters. The van der Waals surface area contributed by atoms with E-state index in [-0.39, 0.29) is 12.1 Å². The van der Waals surface area contributed by atoms with Gasteiger partial charge in [0.2, 0.25) is 0 Å². The van der Waals surface area contributed by atoms with E-state index in [9.17, 15) is 5.11 Å². The summed E-state index contributed by atoms with van der Waals surface area (Å²) in [5, 5.41) is 9.87. The lowest BCUT2D eigenvalue weighted by Crippen LogP contribution is -2.36. The number of hydrogen-bond donors (Lipinski definition) is 2. The van der Waals surface area contributed by atoms with Crippen LogP contribution in [0.2, 0.25) is 0 Å². The molecule has 3 heteroatoms. The molecule has 16 heavy (non-hydrogen) atoms. The van der Waals surface area contributed by atoms with Gasteiger partial charge in [-0.2, -0.15) is 11.8 Å². The summed E-state index contributed by atoms with van der Waals surface area (Å²) in [6.45, 7) is 0. The summed E-state index contributed by atoms with van der Waals surface area (Å²) in [6, 6.07) is 9.95. The van der Waals surface area contributed by atoms with E-state index in [0.717, 1.165) is 25.0 Å². The van der Waals surface area contributed by atoms with Crippen LogP contribution in [0.3, 0.4) is 0 Å². The van der Waals surface area contributed by atoms with Crippen LogP contribution in [0.25, 0.3) is 0 Å². The summed E-state index contributed by atoms with van der Waals surface area (Å²) in [7, 11) is 0. The third kappa shape index (κ3) is 5.01. The Morgan fingerprint density at radius 1 is 1.31 bits per heavy atom. The summed E-state index contributed by atoms with van der Waals surface area (Å²) in [5.74, 6) is 1.09. The van der Waals surface area contributed by atoms with Gasteiger partial charge in [0.1, 0.15) is 0 Å². The third-order valence-corrected chi connectivity index (χ3v) is 3.35. The second-order valence-electron chi connectivity index (χ2n) is 4.06. The highest BCUT2D eigenvalue weighted by Crippen LogP contribution is 2.09. The second kappa shape index (κ2) is 7.71. The van der Waals surface area contributed by atoms with Crippen molar-refractivity contribution in [3.63, 3.8) is 0 Å². The van der Waals surface area contributed by atoms with Crippen LogP contribution in [-0.4, -0.2) is 29.3 Å². The Bertz CT molecular complexity index is 279. The number of aliphatic hydroxyl groups is 1. The Hall–Kier alpha value is -0.510. The highest BCUT2D eigenvalue weighted by molar-refractivity contribution is 7.98. The Morgan fingerprint density at radius 2 is 2.00 bits per heavy atom. The Kier molecular flexibility index (Phi) is 6.53. The maximum Gasteiger partial charge on any atom is 0.0694 e. The number of hydrogen-bond acceptors (Lipinski definition) is 3. The predicted molar refractivity (Wildman–Crippen MR) is 71.7 cm³/mol. The van der Waals surface area contributed by atoms with Gasteiger partial charge >= 0.3 is 0 Å². The van der Waals surface area contributed by atoms with Crippen molar-refractivity contribution in [2.24, 2.45) is 5.73 Å². The average Bonchev–Trinajstić information content (AvgIpc) is 2.30. The van der Waals surface area contributed by atoms with Crippen LogP contribution < -0.4 is 5.73 Å². The van der Waals surface area contributed by atoms with E-state index in [1.165, 1.54) is 5.56 Å². The lowest BCUT2D eigenvalue weighted by Gasteiger charge is -2.18. The molecule has 0 spiro atoms. The Balaban J connectivity index is 2.31. The molecule has 1 aromatic carbocycles. The summed E-state index contributed by atoms with van der Waals surface area (Å²) in [4.78, 5) is 0. The Labute approximate surface area is 102 Å². The molecule has 0 aliphatic heterocycles. The largest absolute Gasteiger partial charge is 0.392 e. The van der Waals surface area contributed by atoms with Gasteiger partial charge in [-0.1, -0.05) is 30.3 Å². The maximum absolute atomic E-state index is 9.87. The van der Waals surface area contributed by atoms with E-state index in [1.54, 1.807) is 0 Å². The van der Waals surface area contributed by atoms with Gasteiger partial charge in [0.15, 0.2) is 0 Å². The van der Waals surface area contributed by atoms with Crippen molar-refractivity contribution in [3.8, 4) is 0 Å². The van der Waals surface area contributed by atoms with Crippen LogP contribution in [0.15, 0.2) is 30.3 Å². The van der Waals surface area contributed by atoms with Crippen LogP contribution in [0, 0.1) is 0 Å². The van der Waals surface area contributed by atoms with Gasteiger partial charge in [0.05, 0.1) is 6.10 Å². The van der Waals surface area contributed by atoms with E-state index >= 15 is 0 Å². The van der Waals surface area contributed by atoms with Crippen LogP contribution in [0.4, 0.5) is 0 Å². The molecule has 2 atom stereocenters. The van der Waals surface area contributed by atoms with Gasteiger partial charge in [-0.3, -0.25) is 0 Å². The normalized spacial score (nSPS) is 14.7. The van der Waals surface area contributed by atoms with Crippen molar-refractivity contribution in [2.75, 3.05) is 12.0 Å². The smallest absolute Gasteiger partial charge is 0.0694 e. The minimum absolute atomic E-state index is 0.149. The van der Waals surface area contributed by atoms with Crippen molar-refractivity contribution in [1.29, 1.82) is 0 Å². The lowest BCUT2D eigenvalue weighted by molar-refractivity contribution is 0.134. The van der Waals surface area contributed by atoms with E-state index in [1.807, 2.05) is 30.0 Å². The van der Waals surface area contributed by atoms with Crippen molar-refractivity contribution in [1.82, 2.24) is 0 Å². The van der Waals surface area contributed by atoms with Gasteiger partial charge in [0.25, 0.3) is 0 Å². The number of rotatable bonds is 7. The monoisotopic (exact) mass is 239 g/mol. The Morgan fingerprint density at radius 3 is 2.62 bits per heavy atom. The van der Waals surface area contributed by atoms with Gasteiger partial charge in [-0.05, 0) is 36.8 Å². The van der Waals surface area contributed by atoms with Gasteiger partial charge in [-0.15, -0.1) is 0 Å². The van der Waals surface area contributed by atoms with Gasteiger partial charge < -0.3 is 10.8 Å². The molecular formula is C13H21NOS. The fourth-order valence-corrected chi connectivity index (χ4v) is 2.13. The fraction of sp³-hybridized carbons (Fsp3) is 0.538. The van der Waals surface area contributed by atoms with Crippen LogP contribution in [-0.2, 0) is 6.42 Å². The van der Waals surface area contributed by atoms with Crippen molar-refractivity contribution >= 4 is 11.8 Å². The molecule has 0 saturated heterocycles. The number of benzene rings is 1. The maximum atomic E-state index is 9.87. The minimum Gasteiger partial charge on any atom is -0.392 e. The molecule has 0 aliphatic carbocycles. The first kappa shape index (κ1) is 13.6. The highest BCUT2D eigenvalue weighted by Gasteiger charge is 2.14. The summed E-state index contributed by atoms with van der Waals surface area (Å²) in [6.07, 6.45) is 4.28. The quantitative estimate of drug-likeness (QED) is 0.716. The molecule has 3 N–H and O–H groups in total. The zero-order valence-corrected chi connectivity index (χ0v) is 10.6. The molecule has 0 fully saturated rings. The highest BCUT2D eigenvalue weighted by atomic mass is 32.2. The molecule has 0 aliphatic rings. The molecule has 0 heterocycles. The summed E-state index contributed by atoms with van der Waals surface area (Å²) < 4.78 is 0. The van der Waals surface area contributed by atoms with E-state index in [0.29, 0.717) is 0 Å². The number of nitrogens with two attached hydrogens (primary N) is 1. The first-order valence-corrected chi connectivity index (χ1v) is 7.10. The molecule has 0 saturated carbocycles. The number of thioether (sulfide) groups is 1. The topological polar surface area (TPSA) is 46.2 Å².